The summed E-state index contributed by atoms with van der Waals surface area (Å²) in [5.41, 5.74) is 7.99. The van der Waals surface area contributed by atoms with Crippen LogP contribution in [0.2, 0.25) is 0 Å². The molecule has 3 rings (SSSR count). The lowest BCUT2D eigenvalue weighted by Crippen LogP contribution is -2.37. The van der Waals surface area contributed by atoms with Crippen LogP contribution in [0.3, 0.4) is 0 Å². The van der Waals surface area contributed by atoms with Crippen molar-refractivity contribution in [3.63, 3.8) is 0 Å². The number of hydrogen-bond acceptors (Lipinski definition) is 3. The topological polar surface area (TPSA) is 63.3 Å². The molecule has 118 valence electrons. The molecular weight excluding hydrogens is 407 g/mol. The largest absolute Gasteiger partial charge is 0.370 e. The molecule has 1 aliphatic rings. The third-order valence-electron chi connectivity index (χ3n) is 3.78. The van der Waals surface area contributed by atoms with Gasteiger partial charge in [0.15, 0.2) is 5.96 Å². The van der Waals surface area contributed by atoms with E-state index in [0.29, 0.717) is 12.5 Å². The number of nitrogens with two attached hydrogens (primary N) is 1. The smallest absolute Gasteiger partial charge is 0.188 e. The van der Waals surface area contributed by atoms with Gasteiger partial charge in [-0.3, -0.25) is 0 Å². The van der Waals surface area contributed by atoms with Crippen LogP contribution in [0.5, 0.6) is 0 Å². The minimum absolute atomic E-state index is 0. The van der Waals surface area contributed by atoms with E-state index in [0.717, 1.165) is 28.7 Å². The molecule has 1 aromatic carbocycles. The first-order valence-corrected chi connectivity index (χ1v) is 8.23. The molecule has 0 unspecified atom stereocenters. The van der Waals surface area contributed by atoms with Gasteiger partial charge >= 0.3 is 0 Å². The number of guanidine groups is 1. The molecule has 1 fully saturated rings. The lowest BCUT2D eigenvalue weighted by Gasteiger charge is -2.25. The van der Waals surface area contributed by atoms with Gasteiger partial charge in [-0.25, -0.2) is 9.98 Å². The summed E-state index contributed by atoms with van der Waals surface area (Å²) in [7, 11) is 0. The van der Waals surface area contributed by atoms with Crippen molar-refractivity contribution >= 4 is 41.3 Å². The number of thiazole rings is 1. The molecule has 6 heteroatoms. The first-order chi connectivity index (χ1) is 10.3. The SMILES string of the molecule is I.NC(=NCc1csc(-c2ccccc2)n1)NCC1CCC1. The van der Waals surface area contributed by atoms with Crippen molar-refractivity contribution in [2.45, 2.75) is 25.8 Å². The Kier molecular flexibility index (Phi) is 6.63. The van der Waals surface area contributed by atoms with E-state index < -0.39 is 0 Å². The van der Waals surface area contributed by atoms with Gasteiger partial charge in [0, 0.05) is 17.5 Å². The third kappa shape index (κ3) is 4.67. The maximum absolute atomic E-state index is 5.88. The van der Waals surface area contributed by atoms with E-state index in [4.69, 9.17) is 5.73 Å². The zero-order chi connectivity index (χ0) is 14.5. The molecule has 0 amide bonds. The van der Waals surface area contributed by atoms with E-state index in [9.17, 15) is 0 Å². The van der Waals surface area contributed by atoms with E-state index in [-0.39, 0.29) is 24.0 Å². The summed E-state index contributed by atoms with van der Waals surface area (Å²) < 4.78 is 0. The maximum Gasteiger partial charge on any atom is 0.188 e. The zero-order valence-corrected chi connectivity index (χ0v) is 15.5. The Morgan fingerprint density at radius 3 is 2.77 bits per heavy atom. The van der Waals surface area contributed by atoms with Crippen LogP contribution >= 0.6 is 35.3 Å². The normalized spacial score (nSPS) is 15.0. The summed E-state index contributed by atoms with van der Waals surface area (Å²) in [6, 6.07) is 10.2. The average Bonchev–Trinajstić information content (AvgIpc) is 2.93. The third-order valence-corrected chi connectivity index (χ3v) is 4.72. The number of nitrogens with zero attached hydrogens (tertiary/aromatic N) is 2. The van der Waals surface area contributed by atoms with Crippen LogP contribution in [-0.4, -0.2) is 17.5 Å². The van der Waals surface area contributed by atoms with Crippen molar-refractivity contribution in [1.29, 1.82) is 0 Å². The molecule has 0 radical (unpaired) electrons. The Balaban J connectivity index is 0.00000176. The van der Waals surface area contributed by atoms with Gasteiger partial charge in [-0.15, -0.1) is 35.3 Å². The van der Waals surface area contributed by atoms with Crippen molar-refractivity contribution in [1.82, 2.24) is 10.3 Å². The van der Waals surface area contributed by atoms with E-state index in [2.05, 4.69) is 27.4 Å². The number of hydrogen-bond donors (Lipinski definition) is 2. The number of aliphatic imine (C=N–C) groups is 1. The summed E-state index contributed by atoms with van der Waals surface area (Å²) in [5.74, 6) is 1.30. The Morgan fingerprint density at radius 2 is 2.09 bits per heavy atom. The molecule has 1 aliphatic carbocycles. The summed E-state index contributed by atoms with van der Waals surface area (Å²) in [6.45, 7) is 1.48. The Morgan fingerprint density at radius 1 is 1.32 bits per heavy atom. The van der Waals surface area contributed by atoms with Gasteiger partial charge in [-0.05, 0) is 18.8 Å². The highest BCUT2D eigenvalue weighted by atomic mass is 127. The Bertz CT molecular complexity index is 608. The molecule has 2 aromatic rings. The van der Waals surface area contributed by atoms with Crippen molar-refractivity contribution < 1.29 is 0 Å². The molecule has 0 saturated heterocycles. The second kappa shape index (κ2) is 8.47. The van der Waals surface area contributed by atoms with Crippen molar-refractivity contribution in [3.05, 3.63) is 41.4 Å². The maximum atomic E-state index is 5.88. The fraction of sp³-hybridized carbons (Fsp3) is 0.375. The van der Waals surface area contributed by atoms with Crippen LogP contribution in [-0.2, 0) is 6.54 Å². The molecule has 0 spiro atoms. The quantitative estimate of drug-likeness (QED) is 0.434. The van der Waals surface area contributed by atoms with E-state index in [1.165, 1.54) is 19.3 Å². The molecule has 4 nitrogen and oxygen atoms in total. The van der Waals surface area contributed by atoms with Gasteiger partial charge in [0.05, 0.1) is 12.2 Å². The lowest BCUT2D eigenvalue weighted by atomic mass is 9.85. The molecule has 0 atom stereocenters. The molecule has 0 aliphatic heterocycles. The molecule has 1 aromatic heterocycles. The Labute approximate surface area is 152 Å². The van der Waals surface area contributed by atoms with Gasteiger partial charge in [0.25, 0.3) is 0 Å². The number of halogens is 1. The molecule has 0 bridgehead atoms. The predicted molar refractivity (Wildman–Crippen MR) is 104 cm³/mol. The second-order valence-electron chi connectivity index (χ2n) is 5.39. The number of benzene rings is 1. The first-order valence-electron chi connectivity index (χ1n) is 7.35. The predicted octanol–water partition coefficient (Wildman–Crippen LogP) is 3.63. The number of aromatic nitrogens is 1. The van der Waals surface area contributed by atoms with Crippen molar-refractivity contribution in [3.8, 4) is 10.6 Å². The minimum Gasteiger partial charge on any atom is -0.370 e. The van der Waals surface area contributed by atoms with Crippen molar-refractivity contribution in [2.24, 2.45) is 16.6 Å². The van der Waals surface area contributed by atoms with Gasteiger partial charge in [-0.2, -0.15) is 0 Å². The van der Waals surface area contributed by atoms with Crippen LogP contribution < -0.4 is 11.1 Å². The van der Waals surface area contributed by atoms with Crippen LogP contribution in [0.25, 0.3) is 10.6 Å². The molecule has 1 heterocycles. The molecule has 22 heavy (non-hydrogen) atoms. The van der Waals surface area contributed by atoms with Crippen LogP contribution in [0, 0.1) is 5.92 Å². The highest BCUT2D eigenvalue weighted by molar-refractivity contribution is 14.0. The summed E-state index contributed by atoms with van der Waals surface area (Å²) in [6.07, 6.45) is 3.98. The van der Waals surface area contributed by atoms with Gasteiger partial charge in [0.2, 0.25) is 0 Å². The fourth-order valence-electron chi connectivity index (χ4n) is 2.26. The number of rotatable bonds is 5. The Hall–Kier alpha value is -1.15. The van der Waals surface area contributed by atoms with Gasteiger partial charge in [0.1, 0.15) is 5.01 Å². The van der Waals surface area contributed by atoms with Gasteiger partial charge < -0.3 is 11.1 Å². The van der Waals surface area contributed by atoms with E-state index in [1.807, 2.05) is 23.6 Å². The minimum atomic E-state index is 0. The standard InChI is InChI=1S/C16H20N4S.HI/c17-16(18-9-12-5-4-6-12)19-10-14-11-21-15(20-14)13-7-2-1-3-8-13;/h1-3,7-8,11-12H,4-6,9-10H2,(H3,17,18,19);1H. The summed E-state index contributed by atoms with van der Waals surface area (Å²) >= 11 is 1.64. The fourth-order valence-corrected chi connectivity index (χ4v) is 3.08. The molecular formula is C16H21IN4S. The molecule has 1 saturated carbocycles. The zero-order valence-electron chi connectivity index (χ0n) is 12.4. The second-order valence-corrected chi connectivity index (χ2v) is 6.25. The molecule has 3 N–H and O–H groups in total. The van der Waals surface area contributed by atoms with Crippen LogP contribution in [0.4, 0.5) is 0 Å². The van der Waals surface area contributed by atoms with E-state index in [1.54, 1.807) is 11.3 Å². The highest BCUT2D eigenvalue weighted by Crippen LogP contribution is 2.25. The van der Waals surface area contributed by atoms with E-state index >= 15 is 0 Å². The lowest BCUT2D eigenvalue weighted by molar-refractivity contribution is 0.315. The van der Waals surface area contributed by atoms with Crippen LogP contribution in [0.15, 0.2) is 40.7 Å². The highest BCUT2D eigenvalue weighted by Gasteiger charge is 2.16. The number of nitrogens with one attached hydrogen (secondary N) is 1. The summed E-state index contributed by atoms with van der Waals surface area (Å²) in [4.78, 5) is 8.96. The van der Waals surface area contributed by atoms with Crippen LogP contribution in [0.1, 0.15) is 25.0 Å². The monoisotopic (exact) mass is 428 g/mol. The first kappa shape index (κ1) is 17.2. The average molecular weight is 428 g/mol. The van der Waals surface area contributed by atoms with Gasteiger partial charge in [-0.1, -0.05) is 36.8 Å². The van der Waals surface area contributed by atoms with Crippen molar-refractivity contribution in [2.75, 3.05) is 6.54 Å². The summed E-state index contributed by atoms with van der Waals surface area (Å²) in [5, 5.41) is 6.27.